The zero-order valence-corrected chi connectivity index (χ0v) is 6.11. The van der Waals surface area contributed by atoms with Crippen molar-refractivity contribution in [2.75, 3.05) is 6.61 Å². The van der Waals surface area contributed by atoms with Crippen LogP contribution in [-0.4, -0.2) is 45.7 Å². The molecule has 0 aromatic heterocycles. The Labute approximate surface area is 63.8 Å². The lowest BCUT2D eigenvalue weighted by atomic mass is 10.1. The highest BCUT2D eigenvalue weighted by atomic mass is 32.1. The Bertz CT molecular complexity index is 106. The van der Waals surface area contributed by atoms with Gasteiger partial charge in [-0.3, -0.25) is 0 Å². The molecule has 1 aliphatic heterocycles. The van der Waals surface area contributed by atoms with Crippen molar-refractivity contribution in [1.29, 1.82) is 0 Å². The first-order valence-corrected chi connectivity index (χ1v) is 3.48. The number of aliphatic hydroxyl groups is 3. The molecule has 5 heteroatoms. The molecule has 0 bridgehead atoms. The van der Waals surface area contributed by atoms with E-state index in [0.717, 1.165) is 0 Å². The summed E-state index contributed by atoms with van der Waals surface area (Å²) >= 11 is 3.81. The molecule has 0 spiro atoms. The second-order valence-electron chi connectivity index (χ2n) is 2.27. The van der Waals surface area contributed by atoms with E-state index in [2.05, 4.69) is 12.6 Å². The summed E-state index contributed by atoms with van der Waals surface area (Å²) in [7, 11) is 0. The van der Waals surface area contributed by atoms with Crippen LogP contribution in [-0.2, 0) is 4.74 Å². The maximum atomic E-state index is 9.01. The van der Waals surface area contributed by atoms with Crippen molar-refractivity contribution in [1.82, 2.24) is 0 Å². The van der Waals surface area contributed by atoms with E-state index in [0.29, 0.717) is 0 Å². The Balaban J connectivity index is 2.52. The van der Waals surface area contributed by atoms with Gasteiger partial charge < -0.3 is 20.1 Å². The summed E-state index contributed by atoms with van der Waals surface area (Å²) in [6.45, 7) is 0.0202. The van der Waals surface area contributed by atoms with E-state index in [9.17, 15) is 0 Å². The van der Waals surface area contributed by atoms with Crippen LogP contribution in [0, 0.1) is 0 Å². The Morgan fingerprint density at radius 3 is 2.30 bits per heavy atom. The summed E-state index contributed by atoms with van der Waals surface area (Å²) in [5.41, 5.74) is -0.696. The Hall–Kier alpha value is 0.190. The lowest BCUT2D eigenvalue weighted by Crippen LogP contribution is -2.50. The second-order valence-corrected chi connectivity index (χ2v) is 2.78. The Morgan fingerprint density at radius 2 is 1.80 bits per heavy atom. The van der Waals surface area contributed by atoms with E-state index in [-0.39, 0.29) is 6.61 Å². The number of aliphatic hydroxyl groups excluding tert-OH is 3. The van der Waals surface area contributed by atoms with Gasteiger partial charge in [-0.15, -0.1) is 12.6 Å². The standard InChI is InChI=1S/C5H10O4S/c6-2-1-9-5(10)4(8)3(2)7/h2-8,10H,1H2/t2-,3+,4-,5+/m1/s1. The molecule has 60 valence electrons. The van der Waals surface area contributed by atoms with E-state index in [1.807, 2.05) is 0 Å². The topological polar surface area (TPSA) is 69.9 Å². The van der Waals surface area contributed by atoms with Crippen LogP contribution in [0.4, 0.5) is 0 Å². The molecule has 1 saturated heterocycles. The predicted molar refractivity (Wildman–Crippen MR) is 36.7 cm³/mol. The van der Waals surface area contributed by atoms with Gasteiger partial charge in [-0.1, -0.05) is 0 Å². The third-order valence-electron chi connectivity index (χ3n) is 1.47. The van der Waals surface area contributed by atoms with Crippen LogP contribution in [0.5, 0.6) is 0 Å². The zero-order chi connectivity index (χ0) is 7.72. The molecule has 4 nitrogen and oxygen atoms in total. The summed E-state index contributed by atoms with van der Waals surface area (Å²) in [5, 5.41) is 26.9. The first-order valence-electron chi connectivity index (χ1n) is 2.97. The first kappa shape index (κ1) is 8.29. The third-order valence-corrected chi connectivity index (χ3v) is 1.93. The molecule has 0 aromatic rings. The van der Waals surface area contributed by atoms with Crippen LogP contribution >= 0.6 is 12.6 Å². The van der Waals surface area contributed by atoms with Crippen molar-refractivity contribution < 1.29 is 20.1 Å². The molecule has 0 aromatic carbocycles. The van der Waals surface area contributed by atoms with Crippen LogP contribution < -0.4 is 0 Å². The smallest absolute Gasteiger partial charge is 0.129 e. The fourth-order valence-electron chi connectivity index (χ4n) is 0.791. The number of hydrogen-bond acceptors (Lipinski definition) is 5. The molecule has 1 fully saturated rings. The van der Waals surface area contributed by atoms with Crippen molar-refractivity contribution >= 4 is 12.6 Å². The van der Waals surface area contributed by atoms with Gasteiger partial charge in [-0.05, 0) is 0 Å². The molecule has 0 amide bonds. The number of thiol groups is 1. The molecule has 1 rings (SSSR count). The number of ether oxygens (including phenoxy) is 1. The van der Waals surface area contributed by atoms with E-state index >= 15 is 0 Å². The van der Waals surface area contributed by atoms with Crippen LogP contribution in [0.1, 0.15) is 0 Å². The summed E-state index contributed by atoms with van der Waals surface area (Å²) in [6, 6.07) is 0. The molecule has 4 atom stereocenters. The molecule has 0 unspecified atom stereocenters. The van der Waals surface area contributed by atoms with Crippen LogP contribution in [0.15, 0.2) is 0 Å². The molecule has 3 N–H and O–H groups in total. The molecule has 0 aliphatic carbocycles. The first-order chi connectivity index (χ1) is 4.63. The molecule has 0 saturated carbocycles. The summed E-state index contributed by atoms with van der Waals surface area (Å²) in [6.07, 6.45) is -3.25. The van der Waals surface area contributed by atoms with E-state index in [4.69, 9.17) is 20.1 Å². The molecule has 10 heavy (non-hydrogen) atoms. The van der Waals surface area contributed by atoms with Gasteiger partial charge in [0.15, 0.2) is 0 Å². The van der Waals surface area contributed by atoms with E-state index in [1.54, 1.807) is 0 Å². The fraction of sp³-hybridized carbons (Fsp3) is 1.00. The lowest BCUT2D eigenvalue weighted by Gasteiger charge is -2.32. The minimum Gasteiger partial charge on any atom is -0.388 e. The third kappa shape index (κ3) is 1.43. The molecule has 1 aliphatic rings. The summed E-state index contributed by atoms with van der Waals surface area (Å²) in [4.78, 5) is 0. The predicted octanol–water partition coefficient (Wildman–Crippen LogP) is -1.64. The quantitative estimate of drug-likeness (QED) is 0.326. The van der Waals surface area contributed by atoms with Gasteiger partial charge in [-0.2, -0.15) is 0 Å². The minimum absolute atomic E-state index is 0.0202. The molecular weight excluding hydrogens is 156 g/mol. The van der Waals surface area contributed by atoms with Gasteiger partial charge in [0.2, 0.25) is 0 Å². The summed E-state index contributed by atoms with van der Waals surface area (Å²) in [5.74, 6) is 0. The lowest BCUT2D eigenvalue weighted by molar-refractivity contribution is -0.160. The van der Waals surface area contributed by atoms with Crippen molar-refractivity contribution in [3.8, 4) is 0 Å². The van der Waals surface area contributed by atoms with Gasteiger partial charge >= 0.3 is 0 Å². The Morgan fingerprint density at radius 1 is 1.20 bits per heavy atom. The van der Waals surface area contributed by atoms with Gasteiger partial charge in [0.05, 0.1) is 6.61 Å². The van der Waals surface area contributed by atoms with Gasteiger partial charge in [-0.25, -0.2) is 0 Å². The molecular formula is C5H10O4S. The SMILES string of the molecule is O[C@@H]1[C@@H](O)[C@H](S)OC[C@H]1O. The minimum atomic E-state index is -1.14. The number of hydrogen-bond donors (Lipinski definition) is 4. The fourth-order valence-corrected chi connectivity index (χ4v) is 1.05. The van der Waals surface area contributed by atoms with Crippen LogP contribution in [0.25, 0.3) is 0 Å². The molecule has 0 radical (unpaired) electrons. The average Bonchev–Trinajstić information content (AvgIpc) is 1.93. The second kappa shape index (κ2) is 3.06. The van der Waals surface area contributed by atoms with Crippen LogP contribution in [0.3, 0.4) is 0 Å². The van der Waals surface area contributed by atoms with Gasteiger partial charge in [0.1, 0.15) is 23.7 Å². The average molecular weight is 166 g/mol. The summed E-state index contributed by atoms with van der Waals surface area (Å²) < 4.78 is 4.78. The molecule has 1 heterocycles. The highest BCUT2D eigenvalue weighted by Crippen LogP contribution is 2.17. The van der Waals surface area contributed by atoms with Crippen molar-refractivity contribution in [3.63, 3.8) is 0 Å². The Kier molecular flexibility index (Phi) is 2.54. The van der Waals surface area contributed by atoms with Crippen molar-refractivity contribution in [2.45, 2.75) is 23.7 Å². The highest BCUT2D eigenvalue weighted by molar-refractivity contribution is 7.80. The normalized spacial score (nSPS) is 49.2. The van der Waals surface area contributed by atoms with Crippen LogP contribution in [0.2, 0.25) is 0 Å². The maximum Gasteiger partial charge on any atom is 0.129 e. The van der Waals surface area contributed by atoms with Crippen molar-refractivity contribution in [2.24, 2.45) is 0 Å². The van der Waals surface area contributed by atoms with Gasteiger partial charge in [0, 0.05) is 0 Å². The van der Waals surface area contributed by atoms with Crippen molar-refractivity contribution in [3.05, 3.63) is 0 Å². The number of rotatable bonds is 0. The largest absolute Gasteiger partial charge is 0.388 e. The monoisotopic (exact) mass is 166 g/mol. The highest BCUT2D eigenvalue weighted by Gasteiger charge is 2.35. The zero-order valence-electron chi connectivity index (χ0n) is 5.21. The maximum absolute atomic E-state index is 9.01. The van der Waals surface area contributed by atoms with E-state index in [1.165, 1.54) is 0 Å². The van der Waals surface area contributed by atoms with E-state index < -0.39 is 23.7 Å². The van der Waals surface area contributed by atoms with Gasteiger partial charge in [0.25, 0.3) is 0 Å².